The Labute approximate surface area is 102 Å². The van der Waals surface area contributed by atoms with Crippen molar-refractivity contribution in [1.82, 2.24) is 5.32 Å². The zero-order chi connectivity index (χ0) is 12.5. The van der Waals surface area contributed by atoms with Gasteiger partial charge in [-0.25, -0.2) is 0 Å². The molecule has 2 atom stereocenters. The maximum absolute atomic E-state index is 12.0. The van der Waals surface area contributed by atoms with Gasteiger partial charge >= 0.3 is 0 Å². The van der Waals surface area contributed by atoms with Gasteiger partial charge in [-0.15, -0.1) is 0 Å². The Morgan fingerprint density at radius 2 is 2.24 bits per heavy atom. The lowest BCUT2D eigenvalue weighted by Gasteiger charge is -2.24. The summed E-state index contributed by atoms with van der Waals surface area (Å²) in [5, 5.41) is 3.06. The van der Waals surface area contributed by atoms with Gasteiger partial charge in [0.25, 0.3) is 0 Å². The van der Waals surface area contributed by atoms with Crippen molar-refractivity contribution >= 4 is 5.91 Å². The molecule has 3 heteroatoms. The lowest BCUT2D eigenvalue weighted by molar-refractivity contribution is -0.126. The number of nitrogens with two attached hydrogens (primary N) is 1. The smallest absolute Gasteiger partial charge is 0.240 e. The van der Waals surface area contributed by atoms with Crippen molar-refractivity contribution < 1.29 is 4.79 Å². The number of rotatable bonds is 3. The molecule has 0 heterocycles. The van der Waals surface area contributed by atoms with E-state index in [0.29, 0.717) is 6.42 Å². The number of carbonyl (C=O) groups is 1. The highest BCUT2D eigenvalue weighted by Crippen LogP contribution is 2.31. The van der Waals surface area contributed by atoms with Crippen molar-refractivity contribution in [2.75, 3.05) is 0 Å². The molecule has 0 saturated heterocycles. The van der Waals surface area contributed by atoms with Crippen molar-refractivity contribution in [1.29, 1.82) is 0 Å². The van der Waals surface area contributed by atoms with Gasteiger partial charge < -0.3 is 11.1 Å². The summed E-state index contributed by atoms with van der Waals surface area (Å²) in [6.07, 6.45) is 2.66. The monoisotopic (exact) mass is 232 g/mol. The van der Waals surface area contributed by atoms with Gasteiger partial charge in [-0.05, 0) is 37.3 Å². The van der Waals surface area contributed by atoms with E-state index >= 15 is 0 Å². The first-order chi connectivity index (χ1) is 8.04. The SMILES string of the molecule is CCC(C)(N)C(=O)NC1CCc2ccccc21. The van der Waals surface area contributed by atoms with Crippen molar-refractivity contribution in [2.24, 2.45) is 5.73 Å². The summed E-state index contributed by atoms with van der Waals surface area (Å²) < 4.78 is 0. The fourth-order valence-corrected chi connectivity index (χ4v) is 2.19. The summed E-state index contributed by atoms with van der Waals surface area (Å²) in [5.41, 5.74) is 7.76. The molecule has 0 fully saturated rings. The van der Waals surface area contributed by atoms with Crippen LogP contribution in [-0.4, -0.2) is 11.4 Å². The molecule has 0 aromatic heterocycles. The molecular weight excluding hydrogens is 212 g/mol. The van der Waals surface area contributed by atoms with Crippen LogP contribution in [0.2, 0.25) is 0 Å². The van der Waals surface area contributed by atoms with Gasteiger partial charge in [-0.2, -0.15) is 0 Å². The Balaban J connectivity index is 2.10. The molecule has 1 amide bonds. The second kappa shape index (κ2) is 4.49. The average molecular weight is 232 g/mol. The standard InChI is InChI=1S/C14H20N2O/c1-3-14(2,15)13(17)16-12-9-8-10-6-4-5-7-11(10)12/h4-7,12H,3,8-9,15H2,1-2H3,(H,16,17). The normalized spacial score (nSPS) is 21.7. The average Bonchev–Trinajstić information content (AvgIpc) is 2.73. The Hall–Kier alpha value is -1.35. The minimum absolute atomic E-state index is 0.0540. The molecule has 92 valence electrons. The van der Waals surface area contributed by atoms with Crippen LogP contribution in [0.1, 0.15) is 43.9 Å². The number of benzene rings is 1. The van der Waals surface area contributed by atoms with Crippen LogP contribution in [-0.2, 0) is 11.2 Å². The van der Waals surface area contributed by atoms with E-state index in [1.165, 1.54) is 11.1 Å². The van der Waals surface area contributed by atoms with E-state index in [-0.39, 0.29) is 11.9 Å². The quantitative estimate of drug-likeness (QED) is 0.836. The van der Waals surface area contributed by atoms with Crippen molar-refractivity contribution in [3.05, 3.63) is 35.4 Å². The van der Waals surface area contributed by atoms with Gasteiger partial charge in [-0.3, -0.25) is 4.79 Å². The van der Waals surface area contributed by atoms with E-state index in [9.17, 15) is 4.79 Å². The number of hydrogen-bond acceptors (Lipinski definition) is 2. The highest BCUT2D eigenvalue weighted by molar-refractivity contribution is 5.86. The summed E-state index contributed by atoms with van der Waals surface area (Å²) in [6.45, 7) is 3.71. The van der Waals surface area contributed by atoms with Crippen LogP contribution < -0.4 is 11.1 Å². The molecule has 17 heavy (non-hydrogen) atoms. The molecule has 1 aliphatic rings. The molecule has 0 saturated carbocycles. The van der Waals surface area contributed by atoms with Crippen molar-refractivity contribution in [3.8, 4) is 0 Å². The lowest BCUT2D eigenvalue weighted by atomic mass is 9.98. The topological polar surface area (TPSA) is 55.1 Å². The van der Waals surface area contributed by atoms with E-state index in [0.717, 1.165) is 12.8 Å². The van der Waals surface area contributed by atoms with Crippen LogP contribution in [0.3, 0.4) is 0 Å². The first kappa shape index (κ1) is 12.1. The third-order valence-electron chi connectivity index (χ3n) is 3.69. The third kappa shape index (κ3) is 2.34. The number of amides is 1. The van der Waals surface area contributed by atoms with Gasteiger partial charge in [0.05, 0.1) is 11.6 Å². The molecule has 1 aliphatic carbocycles. The maximum atomic E-state index is 12.0. The molecule has 0 radical (unpaired) electrons. The van der Waals surface area contributed by atoms with E-state index in [1.807, 2.05) is 19.1 Å². The number of nitrogens with one attached hydrogen (secondary N) is 1. The Morgan fingerprint density at radius 1 is 1.53 bits per heavy atom. The molecule has 1 aromatic rings. The summed E-state index contributed by atoms with van der Waals surface area (Å²) >= 11 is 0. The van der Waals surface area contributed by atoms with Gasteiger partial charge in [0.2, 0.25) is 5.91 Å². The van der Waals surface area contributed by atoms with E-state index in [1.54, 1.807) is 6.92 Å². The van der Waals surface area contributed by atoms with E-state index < -0.39 is 5.54 Å². The predicted molar refractivity (Wildman–Crippen MR) is 68.5 cm³/mol. The molecule has 1 aromatic carbocycles. The van der Waals surface area contributed by atoms with Gasteiger partial charge in [0, 0.05) is 0 Å². The van der Waals surface area contributed by atoms with Crippen LogP contribution in [0, 0.1) is 0 Å². The fourth-order valence-electron chi connectivity index (χ4n) is 2.19. The molecular formula is C14H20N2O. The predicted octanol–water partition coefficient (Wildman–Crippen LogP) is 1.92. The summed E-state index contributed by atoms with van der Waals surface area (Å²) in [4.78, 5) is 12.0. The molecule has 2 unspecified atom stereocenters. The molecule has 2 rings (SSSR count). The molecule has 0 spiro atoms. The maximum Gasteiger partial charge on any atom is 0.240 e. The Morgan fingerprint density at radius 3 is 2.94 bits per heavy atom. The second-order valence-corrected chi connectivity index (χ2v) is 5.03. The first-order valence-electron chi connectivity index (χ1n) is 6.22. The van der Waals surface area contributed by atoms with Crippen LogP contribution in [0.25, 0.3) is 0 Å². The highest BCUT2D eigenvalue weighted by atomic mass is 16.2. The van der Waals surface area contributed by atoms with Gasteiger partial charge in [-0.1, -0.05) is 31.2 Å². The molecule has 3 N–H and O–H groups in total. The summed E-state index contributed by atoms with van der Waals surface area (Å²) in [7, 11) is 0. The van der Waals surface area contributed by atoms with Crippen molar-refractivity contribution in [2.45, 2.75) is 44.7 Å². The molecule has 0 aliphatic heterocycles. The van der Waals surface area contributed by atoms with Crippen molar-refractivity contribution in [3.63, 3.8) is 0 Å². The van der Waals surface area contributed by atoms with E-state index in [4.69, 9.17) is 5.73 Å². The first-order valence-corrected chi connectivity index (χ1v) is 6.22. The Bertz CT molecular complexity index is 426. The van der Waals surface area contributed by atoms with Crippen LogP contribution in [0.4, 0.5) is 0 Å². The Kier molecular flexibility index (Phi) is 3.20. The summed E-state index contributed by atoms with van der Waals surface area (Å²) in [5.74, 6) is -0.0540. The van der Waals surface area contributed by atoms with Crippen LogP contribution in [0.15, 0.2) is 24.3 Å². The molecule has 0 bridgehead atoms. The fraction of sp³-hybridized carbons (Fsp3) is 0.500. The number of carbonyl (C=O) groups excluding carboxylic acids is 1. The van der Waals surface area contributed by atoms with Crippen LogP contribution >= 0.6 is 0 Å². The van der Waals surface area contributed by atoms with E-state index in [2.05, 4.69) is 17.4 Å². The summed E-state index contributed by atoms with van der Waals surface area (Å²) in [6, 6.07) is 8.41. The highest BCUT2D eigenvalue weighted by Gasteiger charge is 2.30. The van der Waals surface area contributed by atoms with Crippen LogP contribution in [0.5, 0.6) is 0 Å². The minimum atomic E-state index is -0.766. The van der Waals surface area contributed by atoms with Gasteiger partial charge in [0.1, 0.15) is 0 Å². The third-order valence-corrected chi connectivity index (χ3v) is 3.69. The largest absolute Gasteiger partial charge is 0.348 e. The number of aryl methyl sites for hydroxylation is 1. The zero-order valence-electron chi connectivity index (χ0n) is 10.5. The lowest BCUT2D eigenvalue weighted by Crippen LogP contribution is -2.51. The molecule has 3 nitrogen and oxygen atoms in total. The zero-order valence-corrected chi connectivity index (χ0v) is 10.5. The number of hydrogen-bond donors (Lipinski definition) is 2. The number of fused-ring (bicyclic) bond motifs is 1. The minimum Gasteiger partial charge on any atom is -0.348 e. The van der Waals surface area contributed by atoms with Gasteiger partial charge in [0.15, 0.2) is 0 Å². The second-order valence-electron chi connectivity index (χ2n) is 5.03.